The number of fused-ring (bicyclic) bond motifs is 2. The highest BCUT2D eigenvalue weighted by molar-refractivity contribution is 7.18. The van der Waals surface area contributed by atoms with Crippen LogP contribution in [0, 0.1) is 5.92 Å². The summed E-state index contributed by atoms with van der Waals surface area (Å²) in [5, 5.41) is 15.5. The molecule has 0 aliphatic heterocycles. The van der Waals surface area contributed by atoms with Crippen LogP contribution in [-0.2, 0) is 6.61 Å². The summed E-state index contributed by atoms with van der Waals surface area (Å²) in [7, 11) is 0. The molecule has 3 aromatic heterocycles. The summed E-state index contributed by atoms with van der Waals surface area (Å²) in [5.41, 5.74) is 1.63. The van der Waals surface area contributed by atoms with Crippen molar-refractivity contribution in [2.24, 2.45) is 5.92 Å². The Morgan fingerprint density at radius 1 is 1.00 bits per heavy atom. The third-order valence-electron chi connectivity index (χ3n) is 6.93. The van der Waals surface area contributed by atoms with Gasteiger partial charge in [0.05, 0.1) is 27.3 Å². The quantitative estimate of drug-likeness (QED) is 0.269. The lowest BCUT2D eigenvalue weighted by Crippen LogP contribution is -2.25. The molecule has 6 rings (SSSR count). The minimum atomic E-state index is -1.10. The number of carbonyl (C=O) groups excluding carboxylic acids is 1. The molecule has 0 spiro atoms. The van der Waals surface area contributed by atoms with E-state index >= 15 is 0 Å². The Morgan fingerprint density at radius 2 is 1.84 bits per heavy atom. The van der Waals surface area contributed by atoms with Crippen LogP contribution in [0.4, 0.5) is 0 Å². The van der Waals surface area contributed by atoms with Crippen molar-refractivity contribution >= 4 is 44.2 Å². The van der Waals surface area contributed by atoms with Crippen LogP contribution in [0.1, 0.15) is 57.6 Å². The molecule has 0 amide bonds. The normalized spacial score (nSPS) is 17.7. The zero-order valence-electron chi connectivity index (χ0n) is 19.9. The van der Waals surface area contributed by atoms with Crippen molar-refractivity contribution in [2.75, 3.05) is 0 Å². The Labute approximate surface area is 216 Å². The number of pyridine rings is 1. The number of carboxylic acid groups (broad SMARTS) is 1. The van der Waals surface area contributed by atoms with E-state index in [1.54, 1.807) is 35.7 Å². The number of para-hydroxylation sites is 1. The number of rotatable bonds is 7. The van der Waals surface area contributed by atoms with Gasteiger partial charge in [0.1, 0.15) is 23.1 Å². The van der Waals surface area contributed by atoms with E-state index in [9.17, 15) is 14.7 Å². The predicted molar refractivity (Wildman–Crippen MR) is 140 cm³/mol. The first-order valence-electron chi connectivity index (χ1n) is 12.2. The molecular formula is C28H24N4O4S. The van der Waals surface area contributed by atoms with Crippen LogP contribution in [-0.4, -0.2) is 36.6 Å². The molecule has 0 unspecified atom stereocenters. The smallest absolute Gasteiger partial charge is 0.336 e. The fraction of sp³-hybridized carbons (Fsp3) is 0.250. The number of ether oxygens (including phenoxy) is 1. The number of Topliss-reactive ketones (excluding diaryl/α,β-unsaturated/α-hetero) is 1. The Bertz CT molecular complexity index is 1570. The maximum Gasteiger partial charge on any atom is 0.336 e. The van der Waals surface area contributed by atoms with Gasteiger partial charge in [-0.2, -0.15) is 5.10 Å². The van der Waals surface area contributed by atoms with Gasteiger partial charge >= 0.3 is 5.97 Å². The fourth-order valence-electron chi connectivity index (χ4n) is 5.03. The highest BCUT2D eigenvalue weighted by Crippen LogP contribution is 2.34. The van der Waals surface area contributed by atoms with Crippen LogP contribution >= 0.6 is 11.3 Å². The van der Waals surface area contributed by atoms with Gasteiger partial charge < -0.3 is 9.84 Å². The Kier molecular flexibility index (Phi) is 6.13. The van der Waals surface area contributed by atoms with Crippen molar-refractivity contribution < 1.29 is 19.4 Å². The Hall–Kier alpha value is -4.11. The first kappa shape index (κ1) is 23.3. The molecule has 0 atom stereocenters. The van der Waals surface area contributed by atoms with Crippen molar-refractivity contribution in [1.29, 1.82) is 0 Å². The molecule has 0 bridgehead atoms. The van der Waals surface area contributed by atoms with E-state index in [1.807, 2.05) is 41.2 Å². The minimum Gasteiger partial charge on any atom is -0.486 e. The van der Waals surface area contributed by atoms with E-state index < -0.39 is 5.97 Å². The van der Waals surface area contributed by atoms with Gasteiger partial charge in [0, 0.05) is 23.7 Å². The number of thiazole rings is 1. The van der Waals surface area contributed by atoms with Crippen molar-refractivity contribution in [3.8, 4) is 5.75 Å². The van der Waals surface area contributed by atoms with Crippen molar-refractivity contribution in [2.45, 2.75) is 38.3 Å². The van der Waals surface area contributed by atoms with Crippen LogP contribution in [0.15, 0.2) is 67.0 Å². The molecule has 1 aliphatic carbocycles. The van der Waals surface area contributed by atoms with Crippen LogP contribution < -0.4 is 4.74 Å². The molecular weight excluding hydrogens is 488 g/mol. The zero-order chi connectivity index (χ0) is 25.4. The van der Waals surface area contributed by atoms with Crippen LogP contribution in [0.3, 0.4) is 0 Å². The lowest BCUT2D eigenvalue weighted by Gasteiger charge is -2.27. The van der Waals surface area contributed by atoms with Gasteiger partial charge in [-0.25, -0.2) is 14.8 Å². The molecule has 0 radical (unpaired) electrons. The summed E-state index contributed by atoms with van der Waals surface area (Å²) < 4.78 is 8.97. The topological polar surface area (TPSA) is 107 Å². The second kappa shape index (κ2) is 9.74. The SMILES string of the molecule is O=C(O)c1cc(C(=O)C2CCC(n3cccn3)CC2)nc2ccc(OCc3nc4ccccc4s3)cc12. The van der Waals surface area contributed by atoms with E-state index in [0.29, 0.717) is 22.7 Å². The van der Waals surface area contributed by atoms with Gasteiger partial charge in [-0.1, -0.05) is 12.1 Å². The standard InChI is InChI=1S/C28H24N4O4S/c33-27(17-6-8-18(9-7-17)32-13-3-12-29-32)24-15-21(28(34)35)20-14-19(10-11-22(20)30-24)36-16-26-31-23-4-1-2-5-25(23)37-26/h1-5,10-15,17-18H,6-9,16H2,(H,34,35). The number of aromatic nitrogens is 4. The summed E-state index contributed by atoms with van der Waals surface area (Å²) in [5.74, 6) is -0.853. The summed E-state index contributed by atoms with van der Waals surface area (Å²) in [6.07, 6.45) is 6.88. The van der Waals surface area contributed by atoms with Crippen molar-refractivity contribution in [3.63, 3.8) is 0 Å². The Morgan fingerprint density at radius 3 is 2.59 bits per heavy atom. The van der Waals surface area contributed by atoms with Gasteiger partial charge in [-0.05, 0) is 68.1 Å². The first-order valence-corrected chi connectivity index (χ1v) is 13.1. The second-order valence-corrected chi connectivity index (χ2v) is 10.4. The number of carboxylic acids is 1. The molecule has 8 nitrogen and oxygen atoms in total. The van der Waals surface area contributed by atoms with Gasteiger partial charge in [0.25, 0.3) is 0 Å². The number of hydrogen-bond donors (Lipinski definition) is 1. The number of benzene rings is 2. The third-order valence-corrected chi connectivity index (χ3v) is 7.94. The zero-order valence-corrected chi connectivity index (χ0v) is 20.7. The number of aromatic carboxylic acids is 1. The monoisotopic (exact) mass is 512 g/mol. The molecule has 5 aromatic rings. The molecule has 186 valence electrons. The van der Waals surface area contributed by atoms with E-state index in [0.717, 1.165) is 40.9 Å². The van der Waals surface area contributed by atoms with Crippen molar-refractivity contribution in [1.82, 2.24) is 19.7 Å². The molecule has 9 heteroatoms. The lowest BCUT2D eigenvalue weighted by atomic mass is 9.82. The van der Waals surface area contributed by atoms with E-state index in [4.69, 9.17) is 4.74 Å². The number of hydrogen-bond acceptors (Lipinski definition) is 7. The van der Waals surface area contributed by atoms with Gasteiger partial charge in [0.15, 0.2) is 5.78 Å². The highest BCUT2D eigenvalue weighted by atomic mass is 32.1. The molecule has 1 saturated carbocycles. The van der Waals surface area contributed by atoms with Crippen LogP contribution in [0.25, 0.3) is 21.1 Å². The van der Waals surface area contributed by atoms with E-state index in [2.05, 4.69) is 15.1 Å². The molecule has 1 N–H and O–H groups in total. The highest BCUT2D eigenvalue weighted by Gasteiger charge is 2.29. The molecule has 0 saturated heterocycles. The first-order chi connectivity index (χ1) is 18.0. The molecule has 1 fully saturated rings. The minimum absolute atomic E-state index is 0.0454. The fourth-order valence-corrected chi connectivity index (χ4v) is 5.91. The average molecular weight is 513 g/mol. The maximum absolute atomic E-state index is 13.3. The maximum atomic E-state index is 13.3. The van der Waals surface area contributed by atoms with Crippen LogP contribution in [0.5, 0.6) is 5.75 Å². The molecule has 2 aromatic carbocycles. The van der Waals surface area contributed by atoms with E-state index in [1.165, 1.54) is 6.07 Å². The second-order valence-electron chi connectivity index (χ2n) is 9.26. The molecule has 1 aliphatic rings. The summed E-state index contributed by atoms with van der Waals surface area (Å²) in [6.45, 7) is 0.276. The summed E-state index contributed by atoms with van der Waals surface area (Å²) >= 11 is 1.56. The largest absolute Gasteiger partial charge is 0.486 e. The van der Waals surface area contributed by atoms with Crippen LogP contribution in [0.2, 0.25) is 0 Å². The van der Waals surface area contributed by atoms with Gasteiger partial charge in [0.2, 0.25) is 0 Å². The summed E-state index contributed by atoms with van der Waals surface area (Å²) in [6, 6.07) is 16.6. The van der Waals surface area contributed by atoms with Crippen molar-refractivity contribution in [3.05, 3.63) is 83.3 Å². The molecule has 3 heterocycles. The lowest BCUT2D eigenvalue weighted by molar-refractivity contribution is 0.0699. The number of carbonyl (C=O) groups is 2. The van der Waals surface area contributed by atoms with Gasteiger partial charge in [-0.3, -0.25) is 9.48 Å². The van der Waals surface area contributed by atoms with E-state index in [-0.39, 0.29) is 29.6 Å². The Balaban J connectivity index is 1.21. The third kappa shape index (κ3) is 4.70. The number of nitrogens with zero attached hydrogens (tertiary/aromatic N) is 4. The summed E-state index contributed by atoms with van der Waals surface area (Å²) in [4.78, 5) is 34.6. The predicted octanol–water partition coefficient (Wildman–Crippen LogP) is 5.93. The molecule has 37 heavy (non-hydrogen) atoms. The number of ketones is 1. The van der Waals surface area contributed by atoms with Gasteiger partial charge in [-0.15, -0.1) is 11.3 Å². The average Bonchev–Trinajstić information content (AvgIpc) is 3.61.